The molecule has 1 aromatic carbocycles. The minimum absolute atomic E-state index is 0.0390. The number of rotatable bonds is 5. The van der Waals surface area contributed by atoms with E-state index < -0.39 is 0 Å². The average Bonchev–Trinajstić information content (AvgIpc) is 2.83. The molecule has 2 aliphatic rings. The van der Waals surface area contributed by atoms with Crippen LogP contribution >= 0.6 is 0 Å². The van der Waals surface area contributed by atoms with Crippen molar-refractivity contribution in [2.75, 3.05) is 19.6 Å². The van der Waals surface area contributed by atoms with Gasteiger partial charge in [0.25, 0.3) is 11.8 Å². The summed E-state index contributed by atoms with van der Waals surface area (Å²) >= 11 is 0. The van der Waals surface area contributed by atoms with Gasteiger partial charge in [-0.2, -0.15) is 0 Å². The van der Waals surface area contributed by atoms with E-state index in [1.54, 1.807) is 0 Å². The van der Waals surface area contributed by atoms with Crippen molar-refractivity contribution in [3.05, 3.63) is 64.7 Å². The van der Waals surface area contributed by atoms with Crippen molar-refractivity contribution in [1.29, 1.82) is 0 Å². The summed E-state index contributed by atoms with van der Waals surface area (Å²) in [6.07, 6.45) is 7.72. The maximum atomic E-state index is 13.2. The molecule has 2 heterocycles. The molecule has 2 aromatic rings. The van der Waals surface area contributed by atoms with Crippen LogP contribution < -0.4 is 5.32 Å². The SMILES string of the molecule is Cc1ccc(C(=O)NCC2CCCCC2)c(C2CCN(C(=O)c3ccc(F)cc3)CC2)n1. The molecule has 0 radical (unpaired) electrons. The number of amides is 2. The summed E-state index contributed by atoms with van der Waals surface area (Å²) in [7, 11) is 0. The van der Waals surface area contributed by atoms with Crippen LogP contribution in [0.2, 0.25) is 0 Å². The van der Waals surface area contributed by atoms with Crippen molar-refractivity contribution in [3.63, 3.8) is 0 Å². The molecule has 0 bridgehead atoms. The highest BCUT2D eigenvalue weighted by Gasteiger charge is 2.28. The fourth-order valence-electron chi connectivity index (χ4n) is 4.93. The lowest BCUT2D eigenvalue weighted by Crippen LogP contribution is -2.38. The Balaban J connectivity index is 1.40. The summed E-state index contributed by atoms with van der Waals surface area (Å²) in [5, 5.41) is 3.15. The molecule has 0 spiro atoms. The molecule has 5 nitrogen and oxygen atoms in total. The van der Waals surface area contributed by atoms with E-state index in [0.717, 1.165) is 30.8 Å². The molecule has 1 N–H and O–H groups in total. The first kappa shape index (κ1) is 22.4. The molecule has 1 aliphatic heterocycles. The van der Waals surface area contributed by atoms with Crippen LogP contribution in [0.3, 0.4) is 0 Å². The van der Waals surface area contributed by atoms with Gasteiger partial charge in [0, 0.05) is 36.8 Å². The lowest BCUT2D eigenvalue weighted by Gasteiger charge is -2.32. The van der Waals surface area contributed by atoms with Gasteiger partial charge in [-0.05, 0) is 74.9 Å². The van der Waals surface area contributed by atoms with Gasteiger partial charge < -0.3 is 10.2 Å². The molecule has 6 heteroatoms. The average molecular weight is 438 g/mol. The second-order valence-corrected chi connectivity index (χ2v) is 9.17. The smallest absolute Gasteiger partial charge is 0.253 e. The zero-order valence-corrected chi connectivity index (χ0v) is 18.8. The van der Waals surface area contributed by atoms with E-state index in [-0.39, 0.29) is 23.5 Å². The van der Waals surface area contributed by atoms with Crippen LogP contribution in [0.15, 0.2) is 36.4 Å². The van der Waals surface area contributed by atoms with E-state index in [1.165, 1.54) is 56.4 Å². The van der Waals surface area contributed by atoms with E-state index in [1.807, 2.05) is 24.0 Å². The van der Waals surface area contributed by atoms with Crippen molar-refractivity contribution in [3.8, 4) is 0 Å². The fraction of sp³-hybridized carbons (Fsp3) is 0.500. The Hall–Kier alpha value is -2.76. The van der Waals surface area contributed by atoms with E-state index in [9.17, 15) is 14.0 Å². The first-order chi connectivity index (χ1) is 15.5. The Kier molecular flexibility index (Phi) is 7.18. The number of carbonyl (C=O) groups is 2. The molecule has 4 rings (SSSR count). The third-order valence-electron chi connectivity index (χ3n) is 6.84. The summed E-state index contributed by atoms with van der Waals surface area (Å²) in [5.74, 6) is 0.256. The van der Waals surface area contributed by atoms with Crippen LogP contribution in [0.5, 0.6) is 0 Å². The zero-order valence-electron chi connectivity index (χ0n) is 18.8. The van der Waals surface area contributed by atoms with Gasteiger partial charge in [-0.25, -0.2) is 4.39 Å². The predicted octanol–water partition coefficient (Wildman–Crippen LogP) is 4.86. The number of carbonyl (C=O) groups excluding carboxylic acids is 2. The Bertz CT molecular complexity index is 946. The third-order valence-corrected chi connectivity index (χ3v) is 6.84. The maximum Gasteiger partial charge on any atom is 0.253 e. The molecule has 170 valence electrons. The molecule has 1 aromatic heterocycles. The van der Waals surface area contributed by atoms with E-state index in [0.29, 0.717) is 30.1 Å². The first-order valence-corrected chi connectivity index (χ1v) is 11.8. The van der Waals surface area contributed by atoms with Crippen molar-refractivity contribution in [2.24, 2.45) is 5.92 Å². The standard InChI is InChI=1S/C26H32FN3O2/c1-18-7-12-23(25(31)28-17-19-5-3-2-4-6-19)24(29-18)20-13-15-30(16-14-20)26(32)21-8-10-22(27)11-9-21/h7-12,19-20H,2-6,13-17H2,1H3,(H,28,31). The number of hydrogen-bond donors (Lipinski definition) is 1. The topological polar surface area (TPSA) is 62.3 Å². The number of likely N-dealkylation sites (tertiary alicyclic amines) is 1. The molecule has 1 saturated carbocycles. The fourth-order valence-corrected chi connectivity index (χ4v) is 4.93. The summed E-state index contributed by atoms with van der Waals surface area (Å²) in [4.78, 5) is 32.3. The highest BCUT2D eigenvalue weighted by molar-refractivity contribution is 5.95. The van der Waals surface area contributed by atoms with Gasteiger partial charge in [0.2, 0.25) is 0 Å². The summed E-state index contributed by atoms with van der Waals surface area (Å²) in [5.41, 5.74) is 2.91. The number of aryl methyl sites for hydroxylation is 1. The van der Waals surface area contributed by atoms with Crippen molar-refractivity contribution >= 4 is 11.8 Å². The molecule has 2 amide bonds. The predicted molar refractivity (Wildman–Crippen MR) is 122 cm³/mol. The van der Waals surface area contributed by atoms with E-state index in [4.69, 9.17) is 4.98 Å². The number of nitrogens with one attached hydrogen (secondary N) is 1. The largest absolute Gasteiger partial charge is 0.352 e. The highest BCUT2D eigenvalue weighted by atomic mass is 19.1. The number of aromatic nitrogens is 1. The first-order valence-electron chi connectivity index (χ1n) is 11.8. The lowest BCUT2D eigenvalue weighted by atomic mass is 9.88. The lowest BCUT2D eigenvalue weighted by molar-refractivity contribution is 0.0710. The monoisotopic (exact) mass is 437 g/mol. The molecular weight excluding hydrogens is 405 g/mol. The molecule has 0 atom stereocenters. The van der Waals surface area contributed by atoms with Gasteiger partial charge in [-0.1, -0.05) is 19.3 Å². The Labute approximate surface area is 189 Å². The maximum absolute atomic E-state index is 13.2. The minimum atomic E-state index is -0.347. The van der Waals surface area contributed by atoms with E-state index in [2.05, 4.69) is 5.32 Å². The Morgan fingerprint density at radius 2 is 1.69 bits per heavy atom. The number of piperidine rings is 1. The second kappa shape index (κ2) is 10.2. The Morgan fingerprint density at radius 3 is 2.38 bits per heavy atom. The van der Waals surface area contributed by atoms with Crippen molar-refractivity contribution in [1.82, 2.24) is 15.2 Å². The van der Waals surface area contributed by atoms with E-state index >= 15 is 0 Å². The highest BCUT2D eigenvalue weighted by Crippen LogP contribution is 2.30. The molecular formula is C26H32FN3O2. The third kappa shape index (κ3) is 5.34. The van der Waals surface area contributed by atoms with Crippen LogP contribution in [-0.2, 0) is 0 Å². The quantitative estimate of drug-likeness (QED) is 0.727. The Morgan fingerprint density at radius 1 is 1.00 bits per heavy atom. The zero-order chi connectivity index (χ0) is 22.5. The van der Waals surface area contributed by atoms with Crippen LogP contribution in [0, 0.1) is 18.7 Å². The number of halogens is 1. The van der Waals surface area contributed by atoms with Crippen LogP contribution in [0.25, 0.3) is 0 Å². The number of hydrogen-bond acceptors (Lipinski definition) is 3. The van der Waals surface area contributed by atoms with Crippen LogP contribution in [0.4, 0.5) is 4.39 Å². The molecule has 1 aliphatic carbocycles. The van der Waals surface area contributed by atoms with Crippen LogP contribution in [-0.4, -0.2) is 41.3 Å². The number of pyridine rings is 1. The van der Waals surface area contributed by atoms with Crippen molar-refractivity contribution in [2.45, 2.75) is 57.8 Å². The minimum Gasteiger partial charge on any atom is -0.352 e. The van der Waals surface area contributed by atoms with Gasteiger partial charge in [-0.15, -0.1) is 0 Å². The summed E-state index contributed by atoms with van der Waals surface area (Å²) in [6, 6.07) is 9.47. The summed E-state index contributed by atoms with van der Waals surface area (Å²) in [6.45, 7) is 3.87. The molecule has 0 unspecified atom stereocenters. The van der Waals surface area contributed by atoms with Gasteiger partial charge in [0.05, 0.1) is 11.3 Å². The van der Waals surface area contributed by atoms with Gasteiger partial charge in [-0.3, -0.25) is 14.6 Å². The number of nitrogens with zero attached hydrogens (tertiary/aromatic N) is 2. The van der Waals surface area contributed by atoms with Crippen molar-refractivity contribution < 1.29 is 14.0 Å². The molecule has 2 fully saturated rings. The summed E-state index contributed by atoms with van der Waals surface area (Å²) < 4.78 is 13.2. The molecule has 1 saturated heterocycles. The second-order valence-electron chi connectivity index (χ2n) is 9.17. The van der Waals surface area contributed by atoms with Gasteiger partial charge in [0.1, 0.15) is 5.82 Å². The number of benzene rings is 1. The normalized spacial score (nSPS) is 17.9. The van der Waals surface area contributed by atoms with Gasteiger partial charge in [0.15, 0.2) is 0 Å². The molecule has 32 heavy (non-hydrogen) atoms. The van der Waals surface area contributed by atoms with Gasteiger partial charge >= 0.3 is 0 Å². The van der Waals surface area contributed by atoms with Crippen LogP contribution in [0.1, 0.15) is 83.0 Å².